The van der Waals surface area contributed by atoms with Gasteiger partial charge in [0.1, 0.15) is 5.75 Å². The number of ether oxygens (including phenoxy) is 1. The summed E-state index contributed by atoms with van der Waals surface area (Å²) in [6.45, 7) is 0. The molecular weight excluding hydrogens is 274 g/mol. The highest BCUT2D eigenvalue weighted by atomic mass is 35.5. The van der Waals surface area contributed by atoms with Gasteiger partial charge in [-0.05, 0) is 17.7 Å². The number of hydrogen-bond acceptors (Lipinski definition) is 1. The van der Waals surface area contributed by atoms with Gasteiger partial charge in [-0.1, -0.05) is 6.07 Å². The number of hydrogen-bond donors (Lipinski definition) is 0. The first-order valence-electron chi connectivity index (χ1n) is 4.15. The van der Waals surface area contributed by atoms with E-state index >= 15 is 0 Å². The average molecular weight is 279 g/mol. The Balaban J connectivity index is 3.21. The number of benzene rings is 1. The summed E-state index contributed by atoms with van der Waals surface area (Å²) < 4.78 is 76.3. The molecule has 0 aliphatic rings. The van der Waals surface area contributed by atoms with E-state index in [1.54, 1.807) is 0 Å². The van der Waals surface area contributed by atoms with E-state index in [1.165, 1.54) is 0 Å². The molecule has 0 aliphatic carbocycles. The van der Waals surface area contributed by atoms with Gasteiger partial charge in [0.2, 0.25) is 0 Å². The van der Waals surface area contributed by atoms with Crippen LogP contribution in [0.2, 0.25) is 0 Å². The molecule has 0 amide bonds. The fraction of sp³-hybridized carbons (Fsp3) is 0.333. The minimum atomic E-state index is -5.18. The molecule has 1 nitrogen and oxygen atoms in total. The lowest BCUT2D eigenvalue weighted by Crippen LogP contribution is -2.20. The van der Waals surface area contributed by atoms with Crippen molar-refractivity contribution in [3.05, 3.63) is 29.3 Å². The van der Waals surface area contributed by atoms with Crippen LogP contribution < -0.4 is 4.74 Å². The molecule has 0 saturated heterocycles. The molecule has 0 N–H and O–H groups in total. The van der Waals surface area contributed by atoms with E-state index in [4.69, 9.17) is 11.6 Å². The predicted molar refractivity (Wildman–Crippen MR) is 47.7 cm³/mol. The third-order valence-corrected chi connectivity index (χ3v) is 2.04. The molecule has 1 aromatic carbocycles. The van der Waals surface area contributed by atoms with Gasteiger partial charge in [-0.2, -0.15) is 13.2 Å². The molecule has 1 aromatic rings. The van der Waals surface area contributed by atoms with Crippen molar-refractivity contribution in [1.29, 1.82) is 0 Å². The van der Waals surface area contributed by atoms with Crippen LogP contribution in [0.5, 0.6) is 5.75 Å². The molecule has 0 fully saturated rings. The Labute approximate surface area is 96.9 Å². The molecule has 1 rings (SSSR count). The van der Waals surface area contributed by atoms with Crippen molar-refractivity contribution in [2.45, 2.75) is 18.4 Å². The summed E-state index contributed by atoms with van der Waals surface area (Å²) >= 11 is 5.30. The molecule has 0 bridgehead atoms. The lowest BCUT2D eigenvalue weighted by Gasteiger charge is -2.15. The zero-order valence-electron chi connectivity index (χ0n) is 7.99. The van der Waals surface area contributed by atoms with Crippen molar-refractivity contribution < 1.29 is 31.1 Å². The number of alkyl halides is 7. The summed E-state index contributed by atoms with van der Waals surface area (Å²) in [6.07, 6.45) is -10.1. The highest BCUT2D eigenvalue weighted by Gasteiger charge is 2.39. The van der Waals surface area contributed by atoms with Crippen LogP contribution in [-0.4, -0.2) is 6.36 Å². The fourth-order valence-electron chi connectivity index (χ4n) is 1.10. The zero-order chi connectivity index (χ0) is 13.3. The monoisotopic (exact) mass is 278 g/mol. The van der Waals surface area contributed by atoms with Crippen LogP contribution in [0.15, 0.2) is 18.2 Å². The first-order chi connectivity index (χ1) is 7.63. The Morgan fingerprint density at radius 1 is 1.06 bits per heavy atom. The Hall–Kier alpha value is -1.11. The molecule has 0 saturated carbocycles. The van der Waals surface area contributed by atoms with Crippen LogP contribution in [0, 0.1) is 0 Å². The standard InChI is InChI=1S/C9H5ClF6O/c10-4-5-1-2-7(17-9(14,15)16)6(3-5)8(11,12)13/h1-3H,4H2. The smallest absolute Gasteiger partial charge is 0.405 e. The summed E-state index contributed by atoms with van der Waals surface area (Å²) in [5, 5.41) is 0. The second kappa shape index (κ2) is 4.64. The lowest BCUT2D eigenvalue weighted by molar-refractivity contribution is -0.276. The summed E-state index contributed by atoms with van der Waals surface area (Å²) in [7, 11) is 0. The molecule has 0 unspecified atom stereocenters. The number of halogens is 7. The van der Waals surface area contributed by atoms with Gasteiger partial charge in [0.25, 0.3) is 0 Å². The van der Waals surface area contributed by atoms with E-state index in [-0.39, 0.29) is 11.4 Å². The maximum atomic E-state index is 12.4. The van der Waals surface area contributed by atoms with Crippen LogP contribution in [0.25, 0.3) is 0 Å². The molecule has 17 heavy (non-hydrogen) atoms. The van der Waals surface area contributed by atoms with E-state index in [0.29, 0.717) is 12.1 Å². The van der Waals surface area contributed by atoms with E-state index in [2.05, 4.69) is 4.74 Å². The third-order valence-electron chi connectivity index (χ3n) is 1.73. The highest BCUT2D eigenvalue weighted by molar-refractivity contribution is 6.17. The van der Waals surface area contributed by atoms with Gasteiger partial charge in [0, 0.05) is 5.88 Å². The van der Waals surface area contributed by atoms with Gasteiger partial charge >= 0.3 is 12.5 Å². The van der Waals surface area contributed by atoms with Crippen molar-refractivity contribution in [3.8, 4) is 5.75 Å². The summed E-state index contributed by atoms with van der Waals surface area (Å²) in [6, 6.07) is 2.14. The van der Waals surface area contributed by atoms with E-state index in [9.17, 15) is 26.3 Å². The second-order valence-corrected chi connectivity index (χ2v) is 3.28. The molecule has 0 radical (unpaired) electrons. The summed E-state index contributed by atoms with van der Waals surface area (Å²) in [5.74, 6) is -1.53. The molecule has 0 aromatic heterocycles. The highest BCUT2D eigenvalue weighted by Crippen LogP contribution is 2.39. The summed E-state index contributed by atoms with van der Waals surface area (Å²) in [5.41, 5.74) is -1.46. The van der Waals surface area contributed by atoms with Crippen LogP contribution in [0.1, 0.15) is 11.1 Å². The van der Waals surface area contributed by atoms with Crippen LogP contribution >= 0.6 is 11.6 Å². The van der Waals surface area contributed by atoms with Crippen molar-refractivity contribution in [3.63, 3.8) is 0 Å². The molecule has 0 atom stereocenters. The topological polar surface area (TPSA) is 9.23 Å². The Morgan fingerprint density at radius 3 is 2.06 bits per heavy atom. The minimum Gasteiger partial charge on any atom is -0.405 e. The van der Waals surface area contributed by atoms with Gasteiger partial charge < -0.3 is 4.74 Å². The van der Waals surface area contributed by atoms with E-state index in [1.807, 2.05) is 0 Å². The maximum Gasteiger partial charge on any atom is 0.573 e. The Morgan fingerprint density at radius 2 is 1.65 bits per heavy atom. The molecule has 0 aliphatic heterocycles. The maximum absolute atomic E-state index is 12.4. The Kier molecular flexibility index (Phi) is 3.81. The van der Waals surface area contributed by atoms with Gasteiger partial charge in [0.15, 0.2) is 0 Å². The van der Waals surface area contributed by atoms with Gasteiger partial charge in [-0.25, -0.2) is 0 Å². The molecule has 8 heteroatoms. The van der Waals surface area contributed by atoms with Crippen molar-refractivity contribution in [2.24, 2.45) is 0 Å². The molecule has 96 valence electrons. The van der Waals surface area contributed by atoms with Crippen LogP contribution in [-0.2, 0) is 12.1 Å². The van der Waals surface area contributed by atoms with E-state index < -0.39 is 23.9 Å². The van der Waals surface area contributed by atoms with Gasteiger partial charge in [-0.3, -0.25) is 0 Å². The van der Waals surface area contributed by atoms with Crippen LogP contribution in [0.4, 0.5) is 26.3 Å². The molecule has 0 spiro atoms. The molecule has 0 heterocycles. The quantitative estimate of drug-likeness (QED) is 0.577. The largest absolute Gasteiger partial charge is 0.573 e. The minimum absolute atomic E-state index is 0.0496. The van der Waals surface area contributed by atoms with Crippen molar-refractivity contribution in [1.82, 2.24) is 0 Å². The van der Waals surface area contributed by atoms with Crippen molar-refractivity contribution in [2.75, 3.05) is 0 Å². The average Bonchev–Trinajstić information content (AvgIpc) is 2.14. The predicted octanol–water partition coefficient (Wildman–Crippen LogP) is 4.34. The van der Waals surface area contributed by atoms with Gasteiger partial charge in [0.05, 0.1) is 5.56 Å². The zero-order valence-corrected chi connectivity index (χ0v) is 8.75. The first-order valence-corrected chi connectivity index (χ1v) is 4.69. The fourth-order valence-corrected chi connectivity index (χ4v) is 1.26. The molecular formula is C9H5ClF6O. The number of rotatable bonds is 2. The third kappa shape index (κ3) is 3.99. The first kappa shape index (κ1) is 14.0. The van der Waals surface area contributed by atoms with E-state index in [0.717, 1.165) is 6.07 Å². The lowest BCUT2D eigenvalue weighted by atomic mass is 10.1. The van der Waals surface area contributed by atoms with Gasteiger partial charge in [-0.15, -0.1) is 24.8 Å². The second-order valence-electron chi connectivity index (χ2n) is 3.01. The normalized spacial score (nSPS) is 12.6. The Bertz CT molecular complexity index is 397. The SMILES string of the molecule is FC(F)(F)Oc1ccc(CCl)cc1C(F)(F)F. The van der Waals surface area contributed by atoms with Crippen molar-refractivity contribution >= 4 is 11.6 Å². The van der Waals surface area contributed by atoms with Crippen LogP contribution in [0.3, 0.4) is 0 Å². The summed E-state index contributed by atoms with van der Waals surface area (Å²) in [4.78, 5) is 0.